The third kappa shape index (κ3) is 4.51. The summed E-state index contributed by atoms with van der Waals surface area (Å²) in [4.78, 5) is 5.89. The molecule has 1 unspecified atom stereocenters. The molecule has 5 atom stereocenters. The van der Waals surface area contributed by atoms with Gasteiger partial charge in [0.25, 0.3) is 0 Å². The van der Waals surface area contributed by atoms with Gasteiger partial charge in [0.2, 0.25) is 0 Å². The van der Waals surface area contributed by atoms with Crippen molar-refractivity contribution in [2.45, 2.75) is 89.5 Å². The van der Waals surface area contributed by atoms with E-state index in [1.54, 1.807) is 5.57 Å². The molecule has 0 radical (unpaired) electrons. The summed E-state index contributed by atoms with van der Waals surface area (Å²) in [6.07, 6.45) is 30.3. The number of rotatable bonds is 0. The van der Waals surface area contributed by atoms with Gasteiger partial charge < -0.3 is 4.90 Å². The van der Waals surface area contributed by atoms with Crippen LogP contribution in [0.4, 0.5) is 0 Å². The molecule has 4 aliphatic heterocycles. The zero-order valence-electron chi connectivity index (χ0n) is 19.2. The van der Waals surface area contributed by atoms with Crippen molar-refractivity contribution in [1.29, 1.82) is 0 Å². The van der Waals surface area contributed by atoms with Crippen LogP contribution in [0.5, 0.6) is 0 Å². The first-order chi connectivity index (χ1) is 14.8. The van der Waals surface area contributed by atoms with Crippen LogP contribution >= 0.6 is 0 Å². The first kappa shape index (κ1) is 21.0. The molecule has 5 rings (SSSR count). The van der Waals surface area contributed by atoms with Gasteiger partial charge in [0.15, 0.2) is 0 Å². The minimum atomic E-state index is 0.543. The van der Waals surface area contributed by atoms with Crippen LogP contribution in [0.15, 0.2) is 36.0 Å². The summed E-state index contributed by atoms with van der Waals surface area (Å²) in [5, 5.41) is 0. The van der Waals surface area contributed by atoms with Crippen LogP contribution < -0.4 is 0 Å². The van der Waals surface area contributed by atoms with E-state index in [-0.39, 0.29) is 0 Å². The average Bonchev–Trinajstić information content (AvgIpc) is 2.78. The second kappa shape index (κ2) is 9.74. The Bertz CT molecular complexity index is 662. The molecule has 2 saturated heterocycles. The Kier molecular flexibility index (Phi) is 6.82. The molecule has 0 aromatic rings. The fourth-order valence-electron chi connectivity index (χ4n) is 7.67. The lowest BCUT2D eigenvalue weighted by molar-refractivity contribution is -0.108. The molecule has 1 saturated carbocycles. The molecule has 0 aromatic carbocycles. The summed E-state index contributed by atoms with van der Waals surface area (Å²) in [5.41, 5.74) is 2.35. The Hall–Kier alpha value is -0.860. The highest BCUT2D eigenvalue weighted by atomic mass is 15.2. The summed E-state index contributed by atoms with van der Waals surface area (Å²) in [6, 6.07) is 0.759. The molecule has 30 heavy (non-hydrogen) atoms. The third-order valence-corrected chi connectivity index (χ3v) is 9.07. The Morgan fingerprint density at radius 3 is 2.57 bits per heavy atom. The quantitative estimate of drug-likeness (QED) is 0.431. The van der Waals surface area contributed by atoms with Crippen LogP contribution in [0.2, 0.25) is 0 Å². The highest BCUT2D eigenvalue weighted by Gasteiger charge is 2.55. The SMILES string of the molecule is C1=C\CCCCN2C[C@]34CC/C=C\CCCCCCN(C[C@H]5C/C(=C/C/1)[C@@H]2C[C@H]53)C4. The van der Waals surface area contributed by atoms with Gasteiger partial charge in [0.05, 0.1) is 0 Å². The van der Waals surface area contributed by atoms with Crippen LogP contribution in [0.1, 0.15) is 83.5 Å². The second-order valence-electron chi connectivity index (χ2n) is 11.1. The average molecular weight is 409 g/mol. The van der Waals surface area contributed by atoms with Crippen molar-refractivity contribution >= 4 is 0 Å². The highest BCUT2D eigenvalue weighted by molar-refractivity contribution is 5.23. The minimum Gasteiger partial charge on any atom is -0.302 e. The van der Waals surface area contributed by atoms with E-state index < -0.39 is 0 Å². The molecule has 0 amide bonds. The molecule has 2 heteroatoms. The fourth-order valence-corrected chi connectivity index (χ4v) is 7.67. The summed E-state index contributed by atoms with van der Waals surface area (Å²) in [5.74, 6) is 1.87. The molecule has 2 nitrogen and oxygen atoms in total. The first-order valence-corrected chi connectivity index (χ1v) is 13.3. The van der Waals surface area contributed by atoms with Crippen LogP contribution in [-0.2, 0) is 0 Å². The van der Waals surface area contributed by atoms with Gasteiger partial charge in [-0.2, -0.15) is 0 Å². The van der Waals surface area contributed by atoms with Crippen LogP contribution in [-0.4, -0.2) is 48.6 Å². The Morgan fingerprint density at radius 2 is 1.60 bits per heavy atom. The lowest BCUT2D eigenvalue weighted by Crippen LogP contribution is -2.66. The predicted octanol–water partition coefficient (Wildman–Crippen LogP) is 6.36. The van der Waals surface area contributed by atoms with Crippen molar-refractivity contribution in [2.24, 2.45) is 17.3 Å². The molecule has 0 aromatic heterocycles. The molecule has 166 valence electrons. The van der Waals surface area contributed by atoms with Crippen LogP contribution in [0.3, 0.4) is 0 Å². The molecule has 5 aliphatic rings. The van der Waals surface area contributed by atoms with Gasteiger partial charge in [-0.3, -0.25) is 4.90 Å². The smallest absolute Gasteiger partial charge is 0.0310 e. The highest BCUT2D eigenvalue weighted by Crippen LogP contribution is 2.55. The van der Waals surface area contributed by atoms with E-state index in [4.69, 9.17) is 0 Å². The van der Waals surface area contributed by atoms with Gasteiger partial charge in [0.1, 0.15) is 0 Å². The molecular formula is C28H44N2. The lowest BCUT2D eigenvalue weighted by atomic mass is 9.54. The summed E-state index contributed by atoms with van der Waals surface area (Å²) in [7, 11) is 0. The van der Waals surface area contributed by atoms with Crippen molar-refractivity contribution in [1.82, 2.24) is 9.80 Å². The van der Waals surface area contributed by atoms with Gasteiger partial charge in [-0.1, -0.05) is 48.8 Å². The van der Waals surface area contributed by atoms with Gasteiger partial charge in [-0.05, 0) is 101 Å². The van der Waals surface area contributed by atoms with Crippen LogP contribution in [0, 0.1) is 17.3 Å². The molecule has 3 fully saturated rings. The van der Waals surface area contributed by atoms with Crippen molar-refractivity contribution < 1.29 is 0 Å². The number of piperidine rings is 2. The number of hydrogen-bond donors (Lipinski definition) is 0. The molecule has 4 bridgehead atoms. The van der Waals surface area contributed by atoms with Gasteiger partial charge in [-0.25, -0.2) is 0 Å². The third-order valence-electron chi connectivity index (χ3n) is 9.07. The van der Waals surface area contributed by atoms with Crippen molar-refractivity contribution in [3.63, 3.8) is 0 Å². The minimum absolute atomic E-state index is 0.543. The standard InChI is InChI=1S/C28H44N2/c1-2-5-9-13-17-29-21-25-19-24-15-11-7-3-6-10-14-18-30-23-28(22-29,16-12-8-4-1)26(25)20-27(24)30/h3-4,7-8,15,25-27H,1-2,5-6,9-14,16-23H2/b7-3-,8-4-,24-15-/t25-,26-,27+,28-/m1/s1. The van der Waals surface area contributed by atoms with Crippen LogP contribution in [0.25, 0.3) is 0 Å². The Labute approximate surface area is 185 Å². The van der Waals surface area contributed by atoms with E-state index in [0.29, 0.717) is 5.41 Å². The van der Waals surface area contributed by atoms with E-state index in [1.165, 1.54) is 110 Å². The molecule has 1 aliphatic carbocycles. The zero-order chi connectivity index (χ0) is 20.2. The van der Waals surface area contributed by atoms with E-state index in [0.717, 1.165) is 24.3 Å². The van der Waals surface area contributed by atoms with E-state index in [9.17, 15) is 0 Å². The maximum absolute atomic E-state index is 2.97. The second-order valence-corrected chi connectivity index (χ2v) is 11.1. The zero-order valence-corrected chi connectivity index (χ0v) is 19.2. The van der Waals surface area contributed by atoms with Crippen molar-refractivity contribution in [3.8, 4) is 0 Å². The Balaban J connectivity index is 1.44. The Morgan fingerprint density at radius 1 is 0.800 bits per heavy atom. The summed E-state index contributed by atoms with van der Waals surface area (Å²) in [6.45, 7) is 6.80. The number of nitrogens with zero attached hydrogens (tertiary/aromatic N) is 2. The molecule has 1 spiro atoms. The fraction of sp³-hybridized carbons (Fsp3) is 0.786. The first-order valence-electron chi connectivity index (χ1n) is 13.3. The maximum atomic E-state index is 2.97. The largest absolute Gasteiger partial charge is 0.302 e. The number of fused-ring (bicyclic) bond motifs is 1. The monoisotopic (exact) mass is 408 g/mol. The van der Waals surface area contributed by atoms with Gasteiger partial charge in [-0.15, -0.1) is 0 Å². The van der Waals surface area contributed by atoms with Crippen molar-refractivity contribution in [3.05, 3.63) is 36.0 Å². The van der Waals surface area contributed by atoms with Gasteiger partial charge >= 0.3 is 0 Å². The predicted molar refractivity (Wildman–Crippen MR) is 128 cm³/mol. The van der Waals surface area contributed by atoms with Crippen molar-refractivity contribution in [2.75, 3.05) is 32.7 Å². The molecule has 0 N–H and O–H groups in total. The van der Waals surface area contributed by atoms with E-state index in [1.807, 2.05) is 0 Å². The maximum Gasteiger partial charge on any atom is 0.0310 e. The molecule has 4 heterocycles. The number of allylic oxidation sites excluding steroid dienone is 5. The number of hydrogen-bond acceptors (Lipinski definition) is 2. The topological polar surface area (TPSA) is 6.48 Å². The molecular weight excluding hydrogens is 364 g/mol. The van der Waals surface area contributed by atoms with E-state index >= 15 is 0 Å². The summed E-state index contributed by atoms with van der Waals surface area (Å²) >= 11 is 0. The van der Waals surface area contributed by atoms with E-state index in [2.05, 4.69) is 40.2 Å². The normalized spacial score (nSPS) is 44.7. The van der Waals surface area contributed by atoms with Gasteiger partial charge in [0, 0.05) is 25.7 Å². The lowest BCUT2D eigenvalue weighted by Gasteiger charge is -2.62. The summed E-state index contributed by atoms with van der Waals surface area (Å²) < 4.78 is 0.